The third kappa shape index (κ3) is 1.55. The highest BCUT2D eigenvalue weighted by molar-refractivity contribution is 9.10. The van der Waals surface area contributed by atoms with E-state index in [2.05, 4.69) is 25.9 Å². The molecule has 0 atom stereocenters. The lowest BCUT2D eigenvalue weighted by atomic mass is 9.99. The van der Waals surface area contributed by atoms with Crippen LogP contribution in [0, 0.1) is 0 Å². The number of halogens is 1. The number of aromatic nitrogens is 2. The van der Waals surface area contributed by atoms with Gasteiger partial charge in [0.15, 0.2) is 0 Å². The van der Waals surface area contributed by atoms with Gasteiger partial charge in [0.05, 0.1) is 5.60 Å². The predicted molar refractivity (Wildman–Crippen MR) is 59.0 cm³/mol. The third-order valence-corrected chi connectivity index (χ3v) is 2.59. The van der Waals surface area contributed by atoms with Crippen LogP contribution in [0.2, 0.25) is 0 Å². The molecule has 2 heterocycles. The minimum Gasteiger partial charge on any atom is -0.386 e. The summed E-state index contributed by atoms with van der Waals surface area (Å²) >= 11 is 3.36. The van der Waals surface area contributed by atoms with Gasteiger partial charge < -0.3 is 10.1 Å². The van der Waals surface area contributed by atoms with Crippen molar-refractivity contribution in [3.8, 4) is 0 Å². The van der Waals surface area contributed by atoms with E-state index in [9.17, 15) is 5.11 Å². The van der Waals surface area contributed by atoms with Gasteiger partial charge in [-0.05, 0) is 35.8 Å². The molecule has 0 aliphatic heterocycles. The van der Waals surface area contributed by atoms with Gasteiger partial charge in [0.2, 0.25) is 0 Å². The molecule has 0 radical (unpaired) electrons. The summed E-state index contributed by atoms with van der Waals surface area (Å²) in [5.41, 5.74) is 0.812. The van der Waals surface area contributed by atoms with E-state index in [1.54, 1.807) is 26.2 Å². The van der Waals surface area contributed by atoms with E-state index in [0.29, 0.717) is 0 Å². The van der Waals surface area contributed by atoms with Crippen LogP contribution in [0.25, 0.3) is 11.0 Å². The fourth-order valence-corrected chi connectivity index (χ4v) is 1.82. The first kappa shape index (κ1) is 9.68. The molecule has 0 saturated carbocycles. The van der Waals surface area contributed by atoms with Gasteiger partial charge in [0.1, 0.15) is 5.65 Å². The number of H-pyrrole nitrogens is 1. The van der Waals surface area contributed by atoms with Crippen molar-refractivity contribution in [3.63, 3.8) is 0 Å². The van der Waals surface area contributed by atoms with Crippen molar-refractivity contribution in [1.82, 2.24) is 9.97 Å². The van der Waals surface area contributed by atoms with E-state index < -0.39 is 5.60 Å². The molecule has 3 nitrogen and oxygen atoms in total. The van der Waals surface area contributed by atoms with Crippen molar-refractivity contribution >= 4 is 27.0 Å². The Kier molecular flexibility index (Phi) is 2.12. The summed E-state index contributed by atoms with van der Waals surface area (Å²) in [4.78, 5) is 7.23. The molecule has 0 unspecified atom stereocenters. The van der Waals surface area contributed by atoms with E-state index in [1.165, 1.54) is 0 Å². The normalized spacial score (nSPS) is 12.3. The highest BCUT2D eigenvalue weighted by Crippen LogP contribution is 2.28. The predicted octanol–water partition coefficient (Wildman–Crippen LogP) is 2.55. The van der Waals surface area contributed by atoms with Crippen LogP contribution in [-0.4, -0.2) is 15.1 Å². The Hall–Kier alpha value is -0.870. The molecule has 0 spiro atoms. The Morgan fingerprint density at radius 2 is 2.21 bits per heavy atom. The van der Waals surface area contributed by atoms with Crippen LogP contribution in [0.4, 0.5) is 0 Å². The Balaban J connectivity index is 2.73. The molecule has 4 heteroatoms. The number of hydrogen-bond acceptors (Lipinski definition) is 2. The average molecular weight is 255 g/mol. The van der Waals surface area contributed by atoms with Crippen LogP contribution in [-0.2, 0) is 5.60 Å². The SMILES string of the molecule is CC(C)(O)c1c[nH]c2ncc(Br)cc12. The minimum absolute atomic E-state index is 0.797. The van der Waals surface area contributed by atoms with E-state index in [0.717, 1.165) is 21.1 Å². The smallest absolute Gasteiger partial charge is 0.137 e. The maximum Gasteiger partial charge on any atom is 0.137 e. The zero-order valence-corrected chi connectivity index (χ0v) is 9.59. The Labute approximate surface area is 90.3 Å². The fraction of sp³-hybridized carbons (Fsp3) is 0.300. The van der Waals surface area contributed by atoms with Crippen molar-refractivity contribution in [2.45, 2.75) is 19.4 Å². The van der Waals surface area contributed by atoms with Crippen molar-refractivity contribution in [2.75, 3.05) is 0 Å². The third-order valence-electron chi connectivity index (χ3n) is 2.16. The van der Waals surface area contributed by atoms with Gasteiger partial charge in [-0.3, -0.25) is 0 Å². The number of rotatable bonds is 1. The van der Waals surface area contributed by atoms with Gasteiger partial charge >= 0.3 is 0 Å². The van der Waals surface area contributed by atoms with Gasteiger partial charge in [-0.2, -0.15) is 0 Å². The largest absolute Gasteiger partial charge is 0.386 e. The summed E-state index contributed by atoms with van der Waals surface area (Å²) in [6.45, 7) is 3.52. The molecule has 2 aromatic rings. The lowest BCUT2D eigenvalue weighted by Gasteiger charge is -2.15. The average Bonchev–Trinajstić information content (AvgIpc) is 2.45. The van der Waals surface area contributed by atoms with Crippen LogP contribution in [0.15, 0.2) is 22.9 Å². The first-order valence-corrected chi connectivity index (χ1v) is 5.13. The number of nitrogens with zero attached hydrogens (tertiary/aromatic N) is 1. The maximum atomic E-state index is 9.90. The van der Waals surface area contributed by atoms with Crippen molar-refractivity contribution in [2.24, 2.45) is 0 Å². The van der Waals surface area contributed by atoms with Gasteiger partial charge in [-0.1, -0.05) is 0 Å². The van der Waals surface area contributed by atoms with E-state index in [4.69, 9.17) is 0 Å². The summed E-state index contributed by atoms with van der Waals surface area (Å²) < 4.78 is 0.912. The van der Waals surface area contributed by atoms with Gasteiger partial charge in [-0.25, -0.2) is 4.98 Å². The maximum absolute atomic E-state index is 9.90. The summed E-state index contributed by atoms with van der Waals surface area (Å²) in [6.07, 6.45) is 3.52. The summed E-state index contributed by atoms with van der Waals surface area (Å²) in [6, 6.07) is 1.95. The lowest BCUT2D eigenvalue weighted by Crippen LogP contribution is -2.14. The molecule has 0 fully saturated rings. The molecule has 0 aliphatic rings. The van der Waals surface area contributed by atoms with E-state index >= 15 is 0 Å². The number of fused-ring (bicyclic) bond motifs is 1. The highest BCUT2D eigenvalue weighted by Gasteiger charge is 2.20. The monoisotopic (exact) mass is 254 g/mol. The first-order chi connectivity index (χ1) is 6.48. The molecule has 0 saturated heterocycles. The molecule has 2 rings (SSSR count). The fourth-order valence-electron chi connectivity index (χ4n) is 1.48. The number of aromatic amines is 1. The second-order valence-corrected chi connectivity index (χ2v) is 4.73. The van der Waals surface area contributed by atoms with Crippen LogP contribution in [0.5, 0.6) is 0 Å². The zero-order valence-electron chi connectivity index (χ0n) is 8.00. The van der Waals surface area contributed by atoms with Crippen molar-refractivity contribution in [1.29, 1.82) is 0 Å². The number of hydrogen-bond donors (Lipinski definition) is 2. The molecule has 14 heavy (non-hydrogen) atoms. The van der Waals surface area contributed by atoms with Gasteiger partial charge in [0.25, 0.3) is 0 Å². The van der Waals surface area contributed by atoms with Crippen LogP contribution in [0.1, 0.15) is 19.4 Å². The van der Waals surface area contributed by atoms with Crippen LogP contribution >= 0.6 is 15.9 Å². The van der Waals surface area contributed by atoms with Crippen LogP contribution in [0.3, 0.4) is 0 Å². The highest BCUT2D eigenvalue weighted by atomic mass is 79.9. The molecular weight excluding hydrogens is 244 g/mol. The minimum atomic E-state index is -0.847. The molecular formula is C10H11BrN2O. The number of nitrogens with one attached hydrogen (secondary N) is 1. The van der Waals surface area contributed by atoms with Crippen LogP contribution < -0.4 is 0 Å². The first-order valence-electron chi connectivity index (χ1n) is 4.34. The molecule has 2 N–H and O–H groups in total. The van der Waals surface area contributed by atoms with Crippen molar-refractivity contribution < 1.29 is 5.11 Å². The molecule has 0 aliphatic carbocycles. The standard InChI is InChI=1S/C10H11BrN2O/c1-10(2,14)8-5-13-9-7(8)3-6(11)4-12-9/h3-5,14H,1-2H3,(H,12,13). The molecule has 74 valence electrons. The molecule has 0 aromatic carbocycles. The number of pyridine rings is 1. The summed E-state index contributed by atoms with van der Waals surface area (Å²) in [7, 11) is 0. The number of aliphatic hydroxyl groups is 1. The quantitative estimate of drug-likeness (QED) is 0.822. The summed E-state index contributed by atoms with van der Waals surface area (Å²) in [5.74, 6) is 0. The Morgan fingerprint density at radius 3 is 2.86 bits per heavy atom. The lowest BCUT2D eigenvalue weighted by molar-refractivity contribution is 0.0802. The summed E-state index contributed by atoms with van der Waals surface area (Å²) in [5, 5.41) is 10.9. The van der Waals surface area contributed by atoms with Gasteiger partial charge in [-0.15, -0.1) is 0 Å². The van der Waals surface area contributed by atoms with E-state index in [1.807, 2.05) is 6.07 Å². The van der Waals surface area contributed by atoms with Gasteiger partial charge in [0, 0.05) is 27.8 Å². The zero-order chi connectivity index (χ0) is 10.3. The molecule has 0 amide bonds. The Bertz CT molecular complexity index is 470. The van der Waals surface area contributed by atoms with Crippen molar-refractivity contribution in [3.05, 3.63) is 28.5 Å². The second-order valence-electron chi connectivity index (χ2n) is 3.81. The Morgan fingerprint density at radius 1 is 1.50 bits per heavy atom. The second kappa shape index (κ2) is 3.07. The molecule has 2 aromatic heterocycles. The molecule has 0 bridgehead atoms. The van der Waals surface area contributed by atoms with E-state index in [-0.39, 0.29) is 0 Å². The topological polar surface area (TPSA) is 48.9 Å².